The van der Waals surface area contributed by atoms with Gasteiger partial charge in [-0.3, -0.25) is 14.2 Å². The molecule has 176 valence electrons. The van der Waals surface area contributed by atoms with E-state index in [0.29, 0.717) is 28.4 Å². The molecule has 0 bridgehead atoms. The summed E-state index contributed by atoms with van der Waals surface area (Å²) in [5.41, 5.74) is 3.94. The molecule has 2 aromatic carbocycles. The van der Waals surface area contributed by atoms with Crippen molar-refractivity contribution in [3.63, 3.8) is 0 Å². The second kappa shape index (κ2) is 10.3. The van der Waals surface area contributed by atoms with E-state index in [0.717, 1.165) is 35.7 Å². The van der Waals surface area contributed by atoms with Gasteiger partial charge in [-0.1, -0.05) is 30.8 Å². The molecular weight excluding hydrogens is 446 g/mol. The van der Waals surface area contributed by atoms with Gasteiger partial charge >= 0.3 is 0 Å². The average Bonchev–Trinajstić information content (AvgIpc) is 3.12. The van der Waals surface area contributed by atoms with Crippen molar-refractivity contribution in [1.82, 2.24) is 14.1 Å². The first-order chi connectivity index (χ1) is 16.4. The lowest BCUT2D eigenvalue weighted by Crippen LogP contribution is -2.22. The van der Waals surface area contributed by atoms with E-state index < -0.39 is 0 Å². The van der Waals surface area contributed by atoms with E-state index in [1.165, 1.54) is 11.8 Å². The van der Waals surface area contributed by atoms with Crippen LogP contribution in [-0.2, 0) is 6.54 Å². The van der Waals surface area contributed by atoms with E-state index in [2.05, 4.69) is 11.5 Å². The van der Waals surface area contributed by atoms with Crippen LogP contribution >= 0.6 is 11.8 Å². The van der Waals surface area contributed by atoms with Crippen molar-refractivity contribution in [3.8, 4) is 11.4 Å². The molecule has 34 heavy (non-hydrogen) atoms. The molecule has 0 radical (unpaired) electrons. The number of para-hydroxylation sites is 1. The number of hydrogen-bond acceptors (Lipinski definition) is 5. The summed E-state index contributed by atoms with van der Waals surface area (Å²) in [4.78, 5) is 31.3. The molecule has 0 atom stereocenters. The topological polar surface area (TPSA) is 66.1 Å². The Hall–Kier alpha value is -3.32. The van der Waals surface area contributed by atoms with Gasteiger partial charge in [0.1, 0.15) is 5.75 Å². The summed E-state index contributed by atoms with van der Waals surface area (Å²) in [5.74, 6) is 0.957. The Morgan fingerprint density at radius 3 is 2.50 bits per heavy atom. The van der Waals surface area contributed by atoms with Crippen molar-refractivity contribution in [1.29, 1.82) is 0 Å². The van der Waals surface area contributed by atoms with E-state index in [1.54, 1.807) is 10.6 Å². The molecule has 7 heteroatoms. The minimum absolute atomic E-state index is 0.0288. The Labute approximate surface area is 203 Å². The molecule has 6 nitrogen and oxygen atoms in total. The van der Waals surface area contributed by atoms with Crippen LogP contribution in [0.3, 0.4) is 0 Å². The van der Waals surface area contributed by atoms with Crippen molar-refractivity contribution in [2.75, 3.05) is 12.4 Å². The highest BCUT2D eigenvalue weighted by molar-refractivity contribution is 7.99. The van der Waals surface area contributed by atoms with Gasteiger partial charge in [0.15, 0.2) is 10.9 Å². The number of carbonyl (C=O) groups excluding carboxylic acids is 1. The minimum atomic E-state index is -0.161. The van der Waals surface area contributed by atoms with Crippen LogP contribution < -0.4 is 10.3 Å². The van der Waals surface area contributed by atoms with Gasteiger partial charge in [-0.2, -0.15) is 0 Å². The van der Waals surface area contributed by atoms with Crippen LogP contribution in [0.4, 0.5) is 0 Å². The zero-order valence-electron chi connectivity index (χ0n) is 20.0. The standard InChI is InChI=1S/C27H29N3O3S/c1-5-15-29-18(3)16-23(19(29)4)25(31)17-34-27-28-24-10-8-7-9-22(24)26(32)30(27)20-11-13-21(14-12-20)33-6-2/h7-14,16H,5-6,15,17H2,1-4H3. The van der Waals surface area contributed by atoms with Crippen LogP contribution in [0.2, 0.25) is 0 Å². The first-order valence-electron chi connectivity index (χ1n) is 11.5. The van der Waals surface area contributed by atoms with Gasteiger partial charge in [0, 0.05) is 23.5 Å². The second-order valence-corrected chi connectivity index (χ2v) is 9.07. The number of aromatic nitrogens is 3. The SMILES string of the molecule is CCCn1c(C)cc(C(=O)CSc2nc3ccccc3c(=O)n2-c2ccc(OCC)cc2)c1C. The third-order valence-electron chi connectivity index (χ3n) is 5.80. The summed E-state index contributed by atoms with van der Waals surface area (Å²) in [6.45, 7) is 9.53. The Morgan fingerprint density at radius 1 is 1.06 bits per heavy atom. The van der Waals surface area contributed by atoms with Crippen LogP contribution in [0.15, 0.2) is 64.5 Å². The highest BCUT2D eigenvalue weighted by atomic mass is 32.2. The van der Waals surface area contributed by atoms with E-state index >= 15 is 0 Å². The van der Waals surface area contributed by atoms with E-state index in [4.69, 9.17) is 9.72 Å². The Balaban J connectivity index is 1.70. The van der Waals surface area contributed by atoms with Crippen LogP contribution in [0.25, 0.3) is 16.6 Å². The molecule has 4 aromatic rings. The maximum Gasteiger partial charge on any atom is 0.266 e. The highest BCUT2D eigenvalue weighted by Gasteiger charge is 2.19. The fraction of sp³-hybridized carbons (Fsp3) is 0.296. The summed E-state index contributed by atoms with van der Waals surface area (Å²) < 4.78 is 9.30. The number of rotatable bonds is 9. The molecule has 0 aliphatic heterocycles. The van der Waals surface area contributed by atoms with Crippen LogP contribution in [0, 0.1) is 13.8 Å². The Morgan fingerprint density at radius 2 is 1.79 bits per heavy atom. The number of aryl methyl sites for hydroxylation is 1. The van der Waals surface area contributed by atoms with Gasteiger partial charge in [-0.15, -0.1) is 0 Å². The van der Waals surface area contributed by atoms with Crippen molar-refractivity contribution in [2.45, 2.75) is 45.8 Å². The summed E-state index contributed by atoms with van der Waals surface area (Å²) in [5, 5.41) is 1.03. The fourth-order valence-electron chi connectivity index (χ4n) is 4.15. The molecule has 4 rings (SSSR count). The second-order valence-electron chi connectivity index (χ2n) is 8.13. The molecule has 0 amide bonds. The molecule has 0 aliphatic carbocycles. The molecule has 0 saturated carbocycles. The molecule has 0 aliphatic rings. The lowest BCUT2D eigenvalue weighted by molar-refractivity contribution is 0.102. The molecule has 2 aromatic heterocycles. The largest absolute Gasteiger partial charge is 0.494 e. The monoisotopic (exact) mass is 475 g/mol. The number of carbonyl (C=O) groups is 1. The molecule has 0 unspecified atom stereocenters. The number of Topliss-reactive ketones (excluding diaryl/α,β-unsaturated/α-hetero) is 1. The fourth-order valence-corrected chi connectivity index (χ4v) is 5.05. The zero-order valence-corrected chi connectivity index (χ0v) is 20.8. The number of ether oxygens (including phenoxy) is 1. The Bertz CT molecular complexity index is 1390. The number of hydrogen-bond donors (Lipinski definition) is 0. The maximum absolute atomic E-state index is 13.4. The van der Waals surface area contributed by atoms with Crippen molar-refractivity contribution in [3.05, 3.63) is 81.9 Å². The average molecular weight is 476 g/mol. The first kappa shape index (κ1) is 23.8. The van der Waals surface area contributed by atoms with Gasteiger partial charge < -0.3 is 9.30 Å². The third-order valence-corrected chi connectivity index (χ3v) is 6.74. The lowest BCUT2D eigenvalue weighted by atomic mass is 10.2. The predicted octanol–water partition coefficient (Wildman–Crippen LogP) is 5.59. The summed E-state index contributed by atoms with van der Waals surface area (Å²) in [7, 11) is 0. The van der Waals surface area contributed by atoms with Crippen LogP contribution in [-0.4, -0.2) is 32.3 Å². The number of nitrogens with zero attached hydrogens (tertiary/aromatic N) is 3. The van der Waals surface area contributed by atoms with Crippen LogP contribution in [0.1, 0.15) is 42.0 Å². The number of fused-ring (bicyclic) bond motifs is 1. The molecule has 0 spiro atoms. The van der Waals surface area contributed by atoms with E-state index in [9.17, 15) is 9.59 Å². The maximum atomic E-state index is 13.4. The first-order valence-corrected chi connectivity index (χ1v) is 12.5. The predicted molar refractivity (Wildman–Crippen MR) is 138 cm³/mol. The summed E-state index contributed by atoms with van der Waals surface area (Å²) in [6, 6.07) is 16.6. The van der Waals surface area contributed by atoms with Crippen molar-refractivity contribution >= 4 is 28.4 Å². The van der Waals surface area contributed by atoms with Gasteiger partial charge in [0.25, 0.3) is 5.56 Å². The van der Waals surface area contributed by atoms with E-state index in [1.807, 2.05) is 69.3 Å². The number of thioether (sulfide) groups is 1. The normalized spacial score (nSPS) is 11.2. The quantitative estimate of drug-likeness (QED) is 0.179. The minimum Gasteiger partial charge on any atom is -0.494 e. The highest BCUT2D eigenvalue weighted by Crippen LogP contribution is 2.25. The van der Waals surface area contributed by atoms with Gasteiger partial charge in [-0.05, 0) is 69.7 Å². The number of benzene rings is 2. The Kier molecular flexibility index (Phi) is 7.22. The molecule has 0 fully saturated rings. The smallest absolute Gasteiger partial charge is 0.266 e. The summed E-state index contributed by atoms with van der Waals surface area (Å²) >= 11 is 1.29. The lowest BCUT2D eigenvalue weighted by Gasteiger charge is -2.14. The van der Waals surface area contributed by atoms with Crippen molar-refractivity contribution in [2.24, 2.45) is 0 Å². The van der Waals surface area contributed by atoms with Gasteiger partial charge in [0.2, 0.25) is 0 Å². The van der Waals surface area contributed by atoms with Gasteiger partial charge in [-0.25, -0.2) is 4.98 Å². The molecule has 2 heterocycles. The molecule has 0 N–H and O–H groups in total. The van der Waals surface area contributed by atoms with Crippen LogP contribution in [0.5, 0.6) is 5.75 Å². The summed E-state index contributed by atoms with van der Waals surface area (Å²) in [6.07, 6.45) is 1.01. The zero-order chi connectivity index (χ0) is 24.2. The van der Waals surface area contributed by atoms with Gasteiger partial charge in [0.05, 0.1) is 29.0 Å². The number of ketones is 1. The van der Waals surface area contributed by atoms with E-state index in [-0.39, 0.29) is 17.1 Å². The van der Waals surface area contributed by atoms with Crippen molar-refractivity contribution < 1.29 is 9.53 Å². The third kappa shape index (κ3) is 4.66. The molecular formula is C27H29N3O3S. The molecule has 0 saturated heterocycles.